The maximum atomic E-state index is 12.3. The lowest BCUT2D eigenvalue weighted by molar-refractivity contribution is -0.118. The quantitative estimate of drug-likeness (QED) is 0.894. The van der Waals surface area contributed by atoms with Crippen molar-refractivity contribution in [2.75, 3.05) is 17.2 Å². The molecule has 1 aliphatic heterocycles. The van der Waals surface area contributed by atoms with E-state index in [-0.39, 0.29) is 18.4 Å². The van der Waals surface area contributed by atoms with Gasteiger partial charge >= 0.3 is 0 Å². The Morgan fingerprint density at radius 3 is 2.86 bits per heavy atom. The number of ether oxygens (including phenoxy) is 1. The van der Waals surface area contributed by atoms with Crippen molar-refractivity contribution < 1.29 is 14.3 Å². The number of carbonyl (C=O) groups is 2. The van der Waals surface area contributed by atoms with Crippen LogP contribution in [0.15, 0.2) is 36.4 Å². The largest absolute Gasteiger partial charge is 0.482 e. The van der Waals surface area contributed by atoms with E-state index in [1.54, 1.807) is 36.4 Å². The molecule has 2 amide bonds. The summed E-state index contributed by atoms with van der Waals surface area (Å²) in [4.78, 5) is 23.5. The van der Waals surface area contributed by atoms with Gasteiger partial charge in [0.25, 0.3) is 11.8 Å². The van der Waals surface area contributed by atoms with Gasteiger partial charge in [-0.3, -0.25) is 9.59 Å². The number of benzene rings is 2. The van der Waals surface area contributed by atoms with Gasteiger partial charge in [0.2, 0.25) is 0 Å². The van der Waals surface area contributed by atoms with Gasteiger partial charge < -0.3 is 15.4 Å². The van der Waals surface area contributed by atoms with Crippen LogP contribution < -0.4 is 15.4 Å². The van der Waals surface area contributed by atoms with Crippen LogP contribution in [0.5, 0.6) is 5.75 Å². The normalized spacial score (nSPS) is 12.9. The fourth-order valence-electron chi connectivity index (χ4n) is 2.18. The van der Waals surface area contributed by atoms with Gasteiger partial charge in [-0.15, -0.1) is 0 Å². The third-order valence-electron chi connectivity index (χ3n) is 3.31. The molecule has 22 heavy (non-hydrogen) atoms. The maximum Gasteiger partial charge on any atom is 0.262 e. The predicted molar refractivity (Wildman–Crippen MR) is 84.7 cm³/mol. The Morgan fingerprint density at radius 2 is 2.09 bits per heavy atom. The first-order valence-corrected chi connectivity index (χ1v) is 7.05. The number of anilines is 2. The van der Waals surface area contributed by atoms with E-state index in [1.165, 1.54) is 0 Å². The number of carbonyl (C=O) groups excluding carboxylic acids is 2. The Labute approximate surface area is 132 Å². The predicted octanol–water partition coefficient (Wildman–Crippen LogP) is 3.23. The van der Waals surface area contributed by atoms with E-state index >= 15 is 0 Å². The number of halogens is 1. The van der Waals surface area contributed by atoms with Crippen molar-refractivity contribution in [3.63, 3.8) is 0 Å². The topological polar surface area (TPSA) is 67.4 Å². The molecular formula is C16H13ClN2O3. The maximum absolute atomic E-state index is 12.3. The molecule has 6 heteroatoms. The molecule has 0 unspecified atom stereocenters. The Kier molecular flexibility index (Phi) is 3.73. The molecule has 2 N–H and O–H groups in total. The molecular weight excluding hydrogens is 304 g/mol. The highest BCUT2D eigenvalue weighted by Crippen LogP contribution is 2.29. The molecule has 0 saturated heterocycles. The highest BCUT2D eigenvalue weighted by Gasteiger charge is 2.18. The van der Waals surface area contributed by atoms with Gasteiger partial charge in [0.15, 0.2) is 6.61 Å². The van der Waals surface area contributed by atoms with Crippen LogP contribution in [-0.4, -0.2) is 18.4 Å². The molecule has 3 rings (SSSR count). The van der Waals surface area contributed by atoms with E-state index in [0.29, 0.717) is 27.7 Å². The zero-order valence-electron chi connectivity index (χ0n) is 11.8. The summed E-state index contributed by atoms with van der Waals surface area (Å²) in [5, 5.41) is 6.13. The third kappa shape index (κ3) is 2.89. The molecule has 1 heterocycles. The number of aryl methyl sites for hydroxylation is 1. The molecule has 5 nitrogen and oxygen atoms in total. The second kappa shape index (κ2) is 5.69. The molecule has 0 saturated carbocycles. The number of hydrogen-bond acceptors (Lipinski definition) is 3. The zero-order valence-corrected chi connectivity index (χ0v) is 12.5. The average molecular weight is 317 g/mol. The first kappa shape index (κ1) is 14.4. The summed E-state index contributed by atoms with van der Waals surface area (Å²) < 4.78 is 5.31. The van der Waals surface area contributed by atoms with Gasteiger partial charge in [-0.1, -0.05) is 11.6 Å². The Balaban J connectivity index is 1.82. The molecule has 1 aliphatic rings. The minimum absolute atomic E-state index is 0.0473. The summed E-state index contributed by atoms with van der Waals surface area (Å²) >= 11 is 5.90. The van der Waals surface area contributed by atoms with E-state index in [1.807, 2.05) is 6.92 Å². The van der Waals surface area contributed by atoms with E-state index in [2.05, 4.69) is 10.6 Å². The van der Waals surface area contributed by atoms with Crippen LogP contribution >= 0.6 is 11.6 Å². The monoisotopic (exact) mass is 316 g/mol. The summed E-state index contributed by atoms with van der Waals surface area (Å²) in [6.07, 6.45) is 0. The molecule has 0 fully saturated rings. The number of nitrogens with one attached hydrogen (secondary N) is 2. The van der Waals surface area contributed by atoms with Crippen LogP contribution in [0.1, 0.15) is 15.9 Å². The van der Waals surface area contributed by atoms with Crippen molar-refractivity contribution in [1.82, 2.24) is 0 Å². The average Bonchev–Trinajstić information content (AvgIpc) is 2.49. The van der Waals surface area contributed by atoms with Crippen molar-refractivity contribution in [3.05, 3.63) is 52.5 Å². The van der Waals surface area contributed by atoms with E-state index in [0.717, 1.165) is 5.56 Å². The Hall–Kier alpha value is -2.53. The van der Waals surface area contributed by atoms with Crippen LogP contribution in [0.2, 0.25) is 5.02 Å². The molecule has 0 spiro atoms. The van der Waals surface area contributed by atoms with E-state index in [9.17, 15) is 9.59 Å². The molecule has 112 valence electrons. The molecule has 2 aromatic rings. The lowest BCUT2D eigenvalue weighted by Gasteiger charge is -2.18. The number of fused-ring (bicyclic) bond motifs is 1. The van der Waals surface area contributed by atoms with Gasteiger partial charge in [0, 0.05) is 16.3 Å². The molecule has 0 aliphatic carbocycles. The summed E-state index contributed by atoms with van der Waals surface area (Å²) in [6.45, 7) is 1.82. The van der Waals surface area contributed by atoms with Crippen LogP contribution in [-0.2, 0) is 4.79 Å². The summed E-state index contributed by atoms with van der Waals surface area (Å²) in [5.74, 6) is 0.0234. The van der Waals surface area contributed by atoms with Crippen molar-refractivity contribution in [2.45, 2.75) is 6.92 Å². The Bertz CT molecular complexity index is 774. The van der Waals surface area contributed by atoms with Crippen molar-refractivity contribution >= 4 is 34.8 Å². The first-order chi connectivity index (χ1) is 10.5. The third-order valence-corrected chi connectivity index (χ3v) is 3.55. The van der Waals surface area contributed by atoms with Crippen LogP contribution in [0, 0.1) is 6.92 Å². The molecule has 2 aromatic carbocycles. The fraction of sp³-hybridized carbons (Fsp3) is 0.125. The molecule has 0 atom stereocenters. The van der Waals surface area contributed by atoms with Crippen molar-refractivity contribution in [2.24, 2.45) is 0 Å². The highest BCUT2D eigenvalue weighted by atomic mass is 35.5. The van der Waals surface area contributed by atoms with E-state index < -0.39 is 0 Å². The summed E-state index contributed by atoms with van der Waals surface area (Å²) in [5.41, 5.74) is 2.59. The Morgan fingerprint density at radius 1 is 1.27 bits per heavy atom. The fourth-order valence-corrected chi connectivity index (χ4v) is 2.40. The summed E-state index contributed by atoms with van der Waals surface area (Å²) in [7, 11) is 0. The van der Waals surface area contributed by atoms with Gasteiger partial charge in [-0.05, 0) is 48.9 Å². The smallest absolute Gasteiger partial charge is 0.262 e. The van der Waals surface area contributed by atoms with Crippen molar-refractivity contribution in [3.8, 4) is 5.75 Å². The number of amides is 2. The van der Waals surface area contributed by atoms with Gasteiger partial charge in [-0.25, -0.2) is 0 Å². The second-order valence-corrected chi connectivity index (χ2v) is 5.40. The number of rotatable bonds is 2. The molecule has 0 radical (unpaired) electrons. The van der Waals surface area contributed by atoms with E-state index in [4.69, 9.17) is 16.3 Å². The van der Waals surface area contributed by atoms with Crippen LogP contribution in [0.25, 0.3) is 0 Å². The highest BCUT2D eigenvalue weighted by molar-refractivity contribution is 6.30. The van der Waals surface area contributed by atoms with Gasteiger partial charge in [0.05, 0.1) is 5.69 Å². The van der Waals surface area contributed by atoms with Gasteiger partial charge in [0.1, 0.15) is 5.75 Å². The van der Waals surface area contributed by atoms with Crippen LogP contribution in [0.4, 0.5) is 11.4 Å². The van der Waals surface area contributed by atoms with Gasteiger partial charge in [-0.2, -0.15) is 0 Å². The number of hydrogen-bond donors (Lipinski definition) is 2. The first-order valence-electron chi connectivity index (χ1n) is 6.67. The molecule has 0 bridgehead atoms. The van der Waals surface area contributed by atoms with Crippen LogP contribution in [0.3, 0.4) is 0 Å². The zero-order chi connectivity index (χ0) is 15.7. The lowest BCUT2D eigenvalue weighted by atomic mass is 10.1. The minimum atomic E-state index is -0.256. The minimum Gasteiger partial charge on any atom is -0.482 e. The SMILES string of the molecule is Cc1cc(Cl)ccc1NC(=O)c1ccc2c(c1)OCC(=O)N2. The summed E-state index contributed by atoms with van der Waals surface area (Å²) in [6, 6.07) is 10.1. The lowest BCUT2D eigenvalue weighted by Crippen LogP contribution is -2.25. The second-order valence-electron chi connectivity index (χ2n) is 4.96. The standard InChI is InChI=1S/C16H13ClN2O3/c1-9-6-11(17)3-5-12(9)19-16(21)10-2-4-13-14(7-10)22-8-15(20)18-13/h2-7H,8H2,1H3,(H,18,20)(H,19,21). The molecule has 0 aromatic heterocycles. The van der Waals surface area contributed by atoms with Crippen molar-refractivity contribution in [1.29, 1.82) is 0 Å².